The summed E-state index contributed by atoms with van der Waals surface area (Å²) in [6.45, 7) is 3.27. The second-order valence-corrected chi connectivity index (χ2v) is 7.05. The van der Waals surface area contributed by atoms with Gasteiger partial charge in [0.05, 0.1) is 5.69 Å². The minimum absolute atomic E-state index is 0.230. The third kappa shape index (κ3) is 5.99. The van der Waals surface area contributed by atoms with Crippen molar-refractivity contribution in [3.63, 3.8) is 0 Å². The van der Waals surface area contributed by atoms with Crippen LogP contribution in [0.3, 0.4) is 0 Å². The summed E-state index contributed by atoms with van der Waals surface area (Å²) in [5.74, 6) is 5.76. The van der Waals surface area contributed by atoms with Crippen molar-refractivity contribution in [1.82, 2.24) is 4.90 Å². The lowest BCUT2D eigenvalue weighted by atomic mass is 10.1. The average molecular weight is 389 g/mol. The van der Waals surface area contributed by atoms with E-state index in [1.807, 2.05) is 60.7 Å². The molecule has 3 aromatic rings. The molecule has 150 valence electrons. The minimum Gasteiger partial charge on any atom is -0.330 e. The summed E-state index contributed by atoms with van der Waals surface area (Å²) in [4.78, 5) is 15.0. The van der Waals surface area contributed by atoms with E-state index in [4.69, 9.17) is 11.6 Å². The molecule has 0 heterocycles. The maximum Gasteiger partial charge on any atom is 0.272 e. The number of hydrogen-bond acceptors (Lipinski definition) is 4. The Kier molecular flexibility index (Phi) is 7.53. The highest BCUT2D eigenvalue weighted by Crippen LogP contribution is 2.15. The molecule has 0 spiro atoms. The molecule has 0 aromatic heterocycles. The standard InChI is InChI=1S/C24H28N4O/c25-16-7-17-27(18-20-8-3-1-4-9-20)19-21-12-14-22(15-13-21)24(29)28(26)23-10-5-2-6-11-23/h1-6,8-15H,7,16-19,25-26H2. The Hall–Kier alpha value is -2.99. The van der Waals surface area contributed by atoms with Crippen molar-refractivity contribution in [3.8, 4) is 0 Å². The van der Waals surface area contributed by atoms with Crippen molar-refractivity contribution in [2.75, 3.05) is 18.1 Å². The summed E-state index contributed by atoms with van der Waals surface area (Å²) in [7, 11) is 0. The Bertz CT molecular complexity index is 882. The molecule has 0 atom stereocenters. The molecule has 1 amide bonds. The Morgan fingerprint density at radius 3 is 1.90 bits per heavy atom. The van der Waals surface area contributed by atoms with Gasteiger partial charge in [-0.15, -0.1) is 0 Å². The predicted octanol–water partition coefficient (Wildman–Crippen LogP) is 3.56. The summed E-state index contributed by atoms with van der Waals surface area (Å²) in [5.41, 5.74) is 9.37. The first-order valence-electron chi connectivity index (χ1n) is 9.87. The van der Waals surface area contributed by atoms with E-state index >= 15 is 0 Å². The number of anilines is 1. The average Bonchev–Trinajstić information content (AvgIpc) is 2.78. The van der Waals surface area contributed by atoms with Crippen molar-refractivity contribution in [2.45, 2.75) is 19.5 Å². The number of carbonyl (C=O) groups is 1. The van der Waals surface area contributed by atoms with Crippen molar-refractivity contribution in [1.29, 1.82) is 0 Å². The maximum atomic E-state index is 12.6. The second-order valence-electron chi connectivity index (χ2n) is 7.05. The number of nitrogens with zero attached hydrogens (tertiary/aromatic N) is 2. The number of nitrogens with two attached hydrogens (primary N) is 2. The van der Waals surface area contributed by atoms with Gasteiger partial charge in [0.1, 0.15) is 0 Å². The number of benzene rings is 3. The van der Waals surface area contributed by atoms with Crippen LogP contribution in [0.2, 0.25) is 0 Å². The van der Waals surface area contributed by atoms with E-state index in [9.17, 15) is 4.79 Å². The minimum atomic E-state index is -0.230. The zero-order valence-electron chi connectivity index (χ0n) is 16.6. The highest BCUT2D eigenvalue weighted by atomic mass is 16.2. The maximum absolute atomic E-state index is 12.6. The highest BCUT2D eigenvalue weighted by Gasteiger charge is 2.14. The van der Waals surface area contributed by atoms with Gasteiger partial charge in [-0.25, -0.2) is 10.9 Å². The zero-order valence-corrected chi connectivity index (χ0v) is 16.6. The summed E-state index contributed by atoms with van der Waals surface area (Å²) in [6, 6.07) is 27.3. The van der Waals surface area contributed by atoms with E-state index in [2.05, 4.69) is 29.2 Å². The van der Waals surface area contributed by atoms with E-state index in [-0.39, 0.29) is 5.91 Å². The number of hydrazine groups is 1. The lowest BCUT2D eigenvalue weighted by molar-refractivity contribution is 0.0987. The molecule has 5 heteroatoms. The molecule has 3 aromatic carbocycles. The van der Waals surface area contributed by atoms with Crippen molar-refractivity contribution < 1.29 is 4.79 Å². The van der Waals surface area contributed by atoms with Crippen LogP contribution in [0.25, 0.3) is 0 Å². The van der Waals surface area contributed by atoms with Gasteiger partial charge in [-0.2, -0.15) is 0 Å². The lowest BCUT2D eigenvalue weighted by Crippen LogP contribution is -2.37. The fourth-order valence-corrected chi connectivity index (χ4v) is 3.23. The van der Waals surface area contributed by atoms with Crippen LogP contribution in [0.4, 0.5) is 5.69 Å². The topological polar surface area (TPSA) is 75.6 Å². The third-order valence-corrected chi connectivity index (χ3v) is 4.79. The van der Waals surface area contributed by atoms with Crippen LogP contribution in [0.15, 0.2) is 84.9 Å². The van der Waals surface area contributed by atoms with Gasteiger partial charge < -0.3 is 5.73 Å². The van der Waals surface area contributed by atoms with Crippen LogP contribution >= 0.6 is 0 Å². The number of rotatable bonds is 9. The molecular weight excluding hydrogens is 360 g/mol. The van der Waals surface area contributed by atoms with Gasteiger partial charge in [-0.1, -0.05) is 60.7 Å². The summed E-state index contributed by atoms with van der Waals surface area (Å²) >= 11 is 0. The molecule has 3 rings (SSSR count). The third-order valence-electron chi connectivity index (χ3n) is 4.79. The molecule has 0 unspecified atom stereocenters. The van der Waals surface area contributed by atoms with Crippen molar-refractivity contribution >= 4 is 11.6 Å². The number of para-hydroxylation sites is 1. The molecule has 0 saturated heterocycles. The molecule has 0 aliphatic carbocycles. The first-order chi connectivity index (χ1) is 14.2. The SMILES string of the molecule is NCCCN(Cc1ccccc1)Cc1ccc(C(=O)N(N)c2ccccc2)cc1. The molecule has 0 saturated carbocycles. The molecule has 0 fully saturated rings. The first kappa shape index (κ1) is 20.7. The Morgan fingerprint density at radius 2 is 1.31 bits per heavy atom. The highest BCUT2D eigenvalue weighted by molar-refractivity contribution is 6.05. The molecule has 0 bridgehead atoms. The molecule has 4 N–H and O–H groups in total. The summed E-state index contributed by atoms with van der Waals surface area (Å²) in [6.07, 6.45) is 0.947. The predicted molar refractivity (Wildman–Crippen MR) is 118 cm³/mol. The van der Waals surface area contributed by atoms with Gasteiger partial charge in [0.2, 0.25) is 0 Å². The van der Waals surface area contributed by atoms with Crippen LogP contribution < -0.4 is 16.6 Å². The van der Waals surface area contributed by atoms with Crippen LogP contribution in [-0.2, 0) is 13.1 Å². The zero-order chi connectivity index (χ0) is 20.5. The quantitative estimate of drug-likeness (QED) is 0.334. The van der Waals surface area contributed by atoms with Gasteiger partial charge in [-0.05, 0) is 48.4 Å². The number of carbonyl (C=O) groups excluding carboxylic acids is 1. The summed E-state index contributed by atoms with van der Waals surface area (Å²) in [5, 5.41) is 1.18. The van der Waals surface area contributed by atoms with Crippen LogP contribution in [0.5, 0.6) is 0 Å². The van der Waals surface area contributed by atoms with Gasteiger partial charge >= 0.3 is 0 Å². The smallest absolute Gasteiger partial charge is 0.272 e. The second kappa shape index (κ2) is 10.5. The number of hydrogen-bond donors (Lipinski definition) is 2. The van der Waals surface area contributed by atoms with Gasteiger partial charge in [-0.3, -0.25) is 9.69 Å². The normalized spacial score (nSPS) is 10.9. The van der Waals surface area contributed by atoms with Crippen LogP contribution in [0.1, 0.15) is 27.9 Å². The Labute approximate surface area is 172 Å². The molecule has 0 radical (unpaired) electrons. The molecule has 5 nitrogen and oxygen atoms in total. The van der Waals surface area contributed by atoms with Crippen molar-refractivity contribution in [2.24, 2.45) is 11.6 Å². The first-order valence-corrected chi connectivity index (χ1v) is 9.87. The Morgan fingerprint density at radius 1 is 0.759 bits per heavy atom. The largest absolute Gasteiger partial charge is 0.330 e. The van der Waals surface area contributed by atoms with E-state index in [0.717, 1.165) is 31.6 Å². The molecular formula is C24H28N4O. The molecule has 0 aliphatic rings. The fraction of sp³-hybridized carbons (Fsp3) is 0.208. The van der Waals surface area contributed by atoms with E-state index < -0.39 is 0 Å². The van der Waals surface area contributed by atoms with E-state index in [1.165, 1.54) is 10.6 Å². The lowest BCUT2D eigenvalue weighted by Gasteiger charge is -2.22. The number of amides is 1. The molecule has 29 heavy (non-hydrogen) atoms. The van der Waals surface area contributed by atoms with E-state index in [1.54, 1.807) is 0 Å². The van der Waals surface area contributed by atoms with Gasteiger partial charge in [0, 0.05) is 25.2 Å². The van der Waals surface area contributed by atoms with Crippen LogP contribution in [-0.4, -0.2) is 23.9 Å². The van der Waals surface area contributed by atoms with Crippen molar-refractivity contribution in [3.05, 3.63) is 102 Å². The Balaban J connectivity index is 1.66. The van der Waals surface area contributed by atoms with Gasteiger partial charge in [0.25, 0.3) is 5.91 Å². The molecule has 0 aliphatic heterocycles. The van der Waals surface area contributed by atoms with Gasteiger partial charge in [0.15, 0.2) is 0 Å². The summed E-state index contributed by atoms with van der Waals surface area (Å²) < 4.78 is 0. The van der Waals surface area contributed by atoms with E-state index in [0.29, 0.717) is 17.8 Å². The van der Waals surface area contributed by atoms with Crippen LogP contribution in [0, 0.1) is 0 Å². The monoisotopic (exact) mass is 388 g/mol. The fourth-order valence-electron chi connectivity index (χ4n) is 3.23.